The van der Waals surface area contributed by atoms with E-state index in [0.29, 0.717) is 18.0 Å². The zero-order valence-corrected chi connectivity index (χ0v) is 16.3. The maximum atomic E-state index is 12.7. The molecule has 0 atom stereocenters. The van der Waals surface area contributed by atoms with Crippen molar-refractivity contribution >= 4 is 32.0 Å². The van der Waals surface area contributed by atoms with Crippen molar-refractivity contribution in [3.63, 3.8) is 0 Å². The molecule has 4 nitrogen and oxygen atoms in total. The largest absolute Gasteiger partial charge is 0.329 e. The lowest BCUT2D eigenvalue weighted by Gasteiger charge is -2.31. The van der Waals surface area contributed by atoms with Gasteiger partial charge < -0.3 is 4.90 Å². The molecule has 3 rings (SSSR count). The third-order valence-electron chi connectivity index (χ3n) is 4.40. The summed E-state index contributed by atoms with van der Waals surface area (Å²) in [7, 11) is -3.38. The van der Waals surface area contributed by atoms with Crippen LogP contribution in [0, 0.1) is 0 Å². The first kappa shape index (κ1) is 18.3. The van der Waals surface area contributed by atoms with Crippen molar-refractivity contribution in [3.05, 3.63) is 70.7 Å². The zero-order valence-electron chi connectivity index (χ0n) is 13.9. The van der Waals surface area contributed by atoms with Crippen molar-refractivity contribution in [3.8, 4) is 0 Å². The molecule has 1 N–H and O–H groups in total. The van der Waals surface area contributed by atoms with Crippen molar-refractivity contribution in [1.82, 2.24) is 4.31 Å². The van der Waals surface area contributed by atoms with Crippen molar-refractivity contribution in [1.29, 1.82) is 0 Å². The van der Waals surface area contributed by atoms with E-state index in [0.717, 1.165) is 24.1 Å². The van der Waals surface area contributed by atoms with Crippen LogP contribution < -0.4 is 4.90 Å². The highest BCUT2D eigenvalue weighted by atomic mass is 79.9. The van der Waals surface area contributed by atoms with Crippen LogP contribution in [-0.2, 0) is 10.0 Å². The Labute approximate surface area is 157 Å². The van der Waals surface area contributed by atoms with Crippen LogP contribution in [0.3, 0.4) is 0 Å². The lowest BCUT2D eigenvalue weighted by Crippen LogP contribution is -3.14. The third-order valence-corrected chi connectivity index (χ3v) is 6.84. The predicted octanol–water partition coefficient (Wildman–Crippen LogP) is 2.05. The Morgan fingerprint density at radius 3 is 2.28 bits per heavy atom. The molecule has 25 heavy (non-hydrogen) atoms. The fourth-order valence-corrected chi connectivity index (χ4v) is 4.63. The molecule has 1 aliphatic heterocycles. The molecular weight excluding hydrogens is 400 g/mol. The molecule has 2 aromatic rings. The maximum absolute atomic E-state index is 12.7. The SMILES string of the molecule is O=S(=O)(c1ccc(Br)cc1)N1CC[NH+](C/C=C/c2ccccc2)CC1. The van der Waals surface area contributed by atoms with Crippen LogP contribution >= 0.6 is 15.9 Å². The predicted molar refractivity (Wildman–Crippen MR) is 104 cm³/mol. The van der Waals surface area contributed by atoms with Gasteiger partial charge in [0, 0.05) is 4.47 Å². The molecule has 0 aliphatic carbocycles. The fourth-order valence-electron chi connectivity index (χ4n) is 2.93. The Morgan fingerprint density at radius 1 is 1.00 bits per heavy atom. The molecule has 6 heteroatoms. The van der Waals surface area contributed by atoms with E-state index in [2.05, 4.69) is 40.2 Å². The molecule has 1 fully saturated rings. The minimum Gasteiger partial charge on any atom is -0.329 e. The highest BCUT2D eigenvalue weighted by molar-refractivity contribution is 9.10. The molecule has 1 saturated heterocycles. The first-order valence-corrected chi connectivity index (χ1v) is 10.6. The van der Waals surface area contributed by atoms with E-state index < -0.39 is 10.0 Å². The van der Waals surface area contributed by atoms with Gasteiger partial charge in [-0.05, 0) is 35.9 Å². The molecule has 0 saturated carbocycles. The highest BCUT2D eigenvalue weighted by Gasteiger charge is 2.29. The van der Waals surface area contributed by atoms with Crippen LogP contribution in [0.25, 0.3) is 6.08 Å². The second kappa shape index (κ2) is 8.27. The second-order valence-corrected chi connectivity index (χ2v) is 8.98. The fraction of sp³-hybridized carbons (Fsp3) is 0.263. The van der Waals surface area contributed by atoms with Crippen molar-refractivity contribution in [2.24, 2.45) is 0 Å². The van der Waals surface area contributed by atoms with Gasteiger partial charge >= 0.3 is 0 Å². The summed E-state index contributed by atoms with van der Waals surface area (Å²) in [6.45, 7) is 3.70. The Morgan fingerprint density at radius 2 is 1.64 bits per heavy atom. The molecule has 1 aliphatic rings. The van der Waals surface area contributed by atoms with Crippen LogP contribution in [0.5, 0.6) is 0 Å². The van der Waals surface area contributed by atoms with Gasteiger partial charge in [0.2, 0.25) is 10.0 Å². The van der Waals surface area contributed by atoms with Crippen molar-refractivity contribution in [2.45, 2.75) is 4.90 Å². The highest BCUT2D eigenvalue weighted by Crippen LogP contribution is 2.18. The van der Waals surface area contributed by atoms with Crippen LogP contribution in [0.4, 0.5) is 0 Å². The average molecular weight is 422 g/mol. The van der Waals surface area contributed by atoms with Gasteiger partial charge in [-0.25, -0.2) is 8.42 Å². The van der Waals surface area contributed by atoms with E-state index in [4.69, 9.17) is 0 Å². The topological polar surface area (TPSA) is 41.8 Å². The number of halogens is 1. The lowest BCUT2D eigenvalue weighted by molar-refractivity contribution is -0.897. The molecule has 2 aromatic carbocycles. The molecule has 132 valence electrons. The molecule has 0 amide bonds. The molecule has 0 bridgehead atoms. The minimum absolute atomic E-state index is 0.364. The van der Waals surface area contributed by atoms with Gasteiger partial charge in [-0.3, -0.25) is 0 Å². The number of sulfonamides is 1. The summed E-state index contributed by atoms with van der Waals surface area (Å²) in [5.74, 6) is 0. The summed E-state index contributed by atoms with van der Waals surface area (Å²) in [5, 5.41) is 0. The van der Waals surface area contributed by atoms with Crippen LogP contribution in [0.1, 0.15) is 5.56 Å². The molecule has 1 heterocycles. The normalized spacial score (nSPS) is 17.2. The number of nitrogens with one attached hydrogen (secondary N) is 1. The van der Waals surface area contributed by atoms with Crippen LogP contribution in [0.15, 0.2) is 70.0 Å². The van der Waals surface area contributed by atoms with E-state index in [1.165, 1.54) is 10.5 Å². The Balaban J connectivity index is 1.54. The van der Waals surface area contributed by atoms with Gasteiger partial charge in [-0.1, -0.05) is 52.3 Å². The van der Waals surface area contributed by atoms with Crippen molar-refractivity contribution < 1.29 is 13.3 Å². The third kappa shape index (κ3) is 4.79. The quantitative estimate of drug-likeness (QED) is 0.802. The molecule has 0 spiro atoms. The summed E-state index contributed by atoms with van der Waals surface area (Å²) in [6.07, 6.45) is 4.29. The Bertz CT molecular complexity index is 812. The van der Waals surface area contributed by atoms with E-state index in [1.807, 2.05) is 18.2 Å². The lowest BCUT2D eigenvalue weighted by atomic mass is 10.2. The number of benzene rings is 2. The summed E-state index contributed by atoms with van der Waals surface area (Å²) in [6, 6.07) is 17.1. The summed E-state index contributed by atoms with van der Waals surface area (Å²) in [4.78, 5) is 1.78. The van der Waals surface area contributed by atoms with Gasteiger partial charge in [-0.15, -0.1) is 0 Å². The average Bonchev–Trinajstić information content (AvgIpc) is 2.63. The number of quaternary nitrogens is 1. The summed E-state index contributed by atoms with van der Waals surface area (Å²) in [5.41, 5.74) is 1.19. The number of nitrogens with zero attached hydrogens (tertiary/aromatic N) is 1. The molecule has 0 aromatic heterocycles. The van der Waals surface area contributed by atoms with Gasteiger partial charge in [0.15, 0.2) is 0 Å². The van der Waals surface area contributed by atoms with Crippen molar-refractivity contribution in [2.75, 3.05) is 32.7 Å². The first-order chi connectivity index (χ1) is 12.1. The van der Waals surface area contributed by atoms with Crippen LogP contribution in [0.2, 0.25) is 0 Å². The monoisotopic (exact) mass is 421 g/mol. The van der Waals surface area contributed by atoms with Gasteiger partial charge in [0.05, 0.1) is 37.6 Å². The van der Waals surface area contributed by atoms with Gasteiger partial charge in [-0.2, -0.15) is 4.31 Å². The van der Waals surface area contributed by atoms with Gasteiger partial charge in [0.25, 0.3) is 0 Å². The number of hydrogen-bond acceptors (Lipinski definition) is 2. The standard InChI is InChI=1S/C19H21BrN2O2S/c20-18-8-10-19(11-9-18)25(23,24)22-15-13-21(14-16-22)12-4-7-17-5-2-1-3-6-17/h1-11H,12-16H2/p+1/b7-4+. The van der Waals surface area contributed by atoms with E-state index in [1.54, 1.807) is 28.6 Å². The van der Waals surface area contributed by atoms with E-state index >= 15 is 0 Å². The number of hydrogen-bond donors (Lipinski definition) is 1. The summed E-state index contributed by atoms with van der Waals surface area (Å²) < 4.78 is 27.9. The zero-order chi connectivity index (χ0) is 17.7. The molecule has 0 radical (unpaired) electrons. The maximum Gasteiger partial charge on any atom is 0.243 e. The number of rotatable bonds is 5. The number of piperazine rings is 1. The first-order valence-electron chi connectivity index (χ1n) is 8.36. The van der Waals surface area contributed by atoms with Crippen LogP contribution in [-0.4, -0.2) is 45.4 Å². The summed E-state index contributed by atoms with van der Waals surface area (Å²) >= 11 is 3.34. The molecular formula is C19H22BrN2O2S+. The van der Waals surface area contributed by atoms with E-state index in [-0.39, 0.29) is 0 Å². The van der Waals surface area contributed by atoms with E-state index in [9.17, 15) is 8.42 Å². The minimum atomic E-state index is -3.38. The Kier molecular flexibility index (Phi) is 6.06. The Hall–Kier alpha value is -1.47. The van der Waals surface area contributed by atoms with Gasteiger partial charge in [0.1, 0.15) is 0 Å². The molecule has 0 unspecified atom stereocenters. The second-order valence-electron chi connectivity index (χ2n) is 6.13. The smallest absolute Gasteiger partial charge is 0.243 e.